The molecule has 0 aliphatic rings. The molecule has 1 aromatic rings. The van der Waals surface area contributed by atoms with E-state index in [4.69, 9.17) is 15.5 Å². The van der Waals surface area contributed by atoms with Crippen molar-refractivity contribution in [3.8, 4) is 0 Å². The number of nitrogens with zero attached hydrogens (tertiary/aromatic N) is 2. The Morgan fingerprint density at radius 2 is 2.50 bits per heavy atom. The Morgan fingerprint density at radius 3 is 3.00 bits per heavy atom. The summed E-state index contributed by atoms with van der Waals surface area (Å²) >= 11 is 0. The molecule has 4 N–H and O–H groups in total. The quantitative estimate of drug-likeness (QED) is 0.289. The van der Waals surface area contributed by atoms with E-state index >= 15 is 0 Å². The molecule has 1 unspecified atom stereocenters. The van der Waals surface area contributed by atoms with E-state index in [0.717, 1.165) is 5.69 Å². The predicted octanol–water partition coefficient (Wildman–Crippen LogP) is -0.0183. The summed E-state index contributed by atoms with van der Waals surface area (Å²) in [6.07, 6.45) is 0. The maximum atomic E-state index is 11.5. The van der Waals surface area contributed by atoms with E-state index in [0.29, 0.717) is 5.76 Å². The molecule has 0 fully saturated rings. The molecule has 0 aromatic carbocycles. The molecule has 7 heteroatoms. The van der Waals surface area contributed by atoms with Gasteiger partial charge in [-0.1, -0.05) is 10.3 Å². The number of hydrogen-bond donors (Lipinski definition) is 3. The second kappa shape index (κ2) is 5.15. The largest absolute Gasteiger partial charge is 0.409 e. The van der Waals surface area contributed by atoms with E-state index in [-0.39, 0.29) is 18.3 Å². The molecule has 0 aliphatic heterocycles. The lowest BCUT2D eigenvalue weighted by molar-refractivity contribution is -0.122. The zero-order chi connectivity index (χ0) is 12.1. The van der Waals surface area contributed by atoms with Crippen LogP contribution in [0.4, 0.5) is 0 Å². The Labute approximate surface area is 92.3 Å². The maximum absolute atomic E-state index is 11.5. The Balaban J connectivity index is 2.47. The summed E-state index contributed by atoms with van der Waals surface area (Å²) in [7, 11) is 0. The van der Waals surface area contributed by atoms with Crippen molar-refractivity contribution in [2.24, 2.45) is 16.8 Å². The van der Waals surface area contributed by atoms with Crippen molar-refractivity contribution < 1.29 is 14.5 Å². The van der Waals surface area contributed by atoms with Crippen LogP contribution in [0.15, 0.2) is 15.7 Å². The van der Waals surface area contributed by atoms with Gasteiger partial charge in [0.1, 0.15) is 0 Å². The Kier molecular flexibility index (Phi) is 3.87. The van der Waals surface area contributed by atoms with Crippen molar-refractivity contribution >= 4 is 11.7 Å². The minimum absolute atomic E-state index is 0.133. The van der Waals surface area contributed by atoms with Crippen LogP contribution in [0, 0.1) is 12.8 Å². The van der Waals surface area contributed by atoms with Gasteiger partial charge in [0.2, 0.25) is 5.91 Å². The normalized spacial score (nSPS) is 13.5. The van der Waals surface area contributed by atoms with Gasteiger partial charge in [-0.15, -0.1) is 0 Å². The molecule has 7 nitrogen and oxygen atoms in total. The van der Waals surface area contributed by atoms with E-state index in [9.17, 15) is 4.79 Å². The lowest BCUT2D eigenvalue weighted by atomic mass is 10.1. The van der Waals surface area contributed by atoms with Crippen LogP contribution in [0.1, 0.15) is 18.4 Å². The van der Waals surface area contributed by atoms with Gasteiger partial charge >= 0.3 is 0 Å². The molecule has 1 heterocycles. The van der Waals surface area contributed by atoms with Crippen molar-refractivity contribution in [3.63, 3.8) is 0 Å². The number of carbonyl (C=O) groups is 1. The van der Waals surface area contributed by atoms with Gasteiger partial charge in [-0.25, -0.2) is 0 Å². The molecule has 0 spiro atoms. The first-order chi connectivity index (χ1) is 7.54. The fourth-order valence-electron chi connectivity index (χ4n) is 1.05. The molecule has 1 rings (SSSR count). The van der Waals surface area contributed by atoms with Crippen LogP contribution >= 0.6 is 0 Å². The van der Waals surface area contributed by atoms with E-state index < -0.39 is 5.92 Å². The number of nitrogens with two attached hydrogens (primary N) is 1. The second-order valence-corrected chi connectivity index (χ2v) is 3.40. The van der Waals surface area contributed by atoms with Gasteiger partial charge in [-0.05, 0) is 13.8 Å². The zero-order valence-electron chi connectivity index (χ0n) is 9.10. The maximum Gasteiger partial charge on any atom is 0.230 e. The molecule has 16 heavy (non-hydrogen) atoms. The van der Waals surface area contributed by atoms with E-state index in [1.54, 1.807) is 13.0 Å². The van der Waals surface area contributed by atoms with Crippen LogP contribution in [0.3, 0.4) is 0 Å². The summed E-state index contributed by atoms with van der Waals surface area (Å²) in [5.74, 6) is -0.609. The monoisotopic (exact) mass is 226 g/mol. The lowest BCUT2D eigenvalue weighted by Crippen LogP contribution is -2.36. The van der Waals surface area contributed by atoms with E-state index in [1.165, 1.54) is 6.92 Å². The first kappa shape index (κ1) is 12.0. The van der Waals surface area contributed by atoms with Crippen molar-refractivity contribution in [2.45, 2.75) is 20.4 Å². The molecular weight excluding hydrogens is 212 g/mol. The molecule has 88 valence electrons. The van der Waals surface area contributed by atoms with Gasteiger partial charge in [0.15, 0.2) is 11.6 Å². The number of aryl methyl sites for hydroxylation is 1. The number of rotatable bonds is 4. The first-order valence-electron chi connectivity index (χ1n) is 4.72. The zero-order valence-corrected chi connectivity index (χ0v) is 9.10. The van der Waals surface area contributed by atoms with Crippen LogP contribution in [0.25, 0.3) is 0 Å². The molecule has 0 radical (unpaired) electrons. The molecule has 1 aromatic heterocycles. The highest BCUT2D eigenvalue weighted by molar-refractivity contribution is 6.01. The summed E-state index contributed by atoms with van der Waals surface area (Å²) < 4.78 is 4.91. The lowest BCUT2D eigenvalue weighted by Gasteiger charge is -2.08. The summed E-state index contributed by atoms with van der Waals surface area (Å²) in [5.41, 5.74) is 6.04. The molecule has 0 saturated heterocycles. The number of aromatic nitrogens is 1. The topological polar surface area (TPSA) is 114 Å². The van der Waals surface area contributed by atoms with Crippen LogP contribution in [0.2, 0.25) is 0 Å². The highest BCUT2D eigenvalue weighted by atomic mass is 16.5. The van der Waals surface area contributed by atoms with E-state index in [1.807, 2.05) is 0 Å². The van der Waals surface area contributed by atoms with Crippen LogP contribution in [0.5, 0.6) is 0 Å². The predicted molar refractivity (Wildman–Crippen MR) is 55.7 cm³/mol. The fraction of sp³-hybridized carbons (Fsp3) is 0.444. The Hall–Kier alpha value is -2.05. The fourth-order valence-corrected chi connectivity index (χ4v) is 1.05. The smallest absolute Gasteiger partial charge is 0.230 e. The van der Waals surface area contributed by atoms with Crippen molar-refractivity contribution in [1.82, 2.24) is 10.5 Å². The third-order valence-electron chi connectivity index (χ3n) is 2.07. The SMILES string of the molecule is Cc1cc(CNC(=O)C(C)C(N)=NO)on1. The van der Waals surface area contributed by atoms with Crippen molar-refractivity contribution in [3.05, 3.63) is 17.5 Å². The third-order valence-corrected chi connectivity index (χ3v) is 2.07. The van der Waals surface area contributed by atoms with Crippen LogP contribution < -0.4 is 11.1 Å². The van der Waals surface area contributed by atoms with Crippen LogP contribution in [-0.4, -0.2) is 22.1 Å². The van der Waals surface area contributed by atoms with Gasteiger partial charge in [0, 0.05) is 6.07 Å². The second-order valence-electron chi connectivity index (χ2n) is 3.40. The van der Waals surface area contributed by atoms with Gasteiger partial charge in [0.25, 0.3) is 0 Å². The number of hydrogen-bond acceptors (Lipinski definition) is 5. The number of amidine groups is 1. The van der Waals surface area contributed by atoms with Gasteiger partial charge in [-0.2, -0.15) is 0 Å². The number of carbonyl (C=O) groups excluding carboxylic acids is 1. The van der Waals surface area contributed by atoms with Crippen molar-refractivity contribution in [2.75, 3.05) is 0 Å². The Morgan fingerprint density at radius 1 is 1.81 bits per heavy atom. The summed E-state index contributed by atoms with van der Waals surface area (Å²) in [4.78, 5) is 11.5. The molecule has 0 aliphatic carbocycles. The average Bonchev–Trinajstić information content (AvgIpc) is 2.69. The molecule has 0 bridgehead atoms. The standard InChI is InChI=1S/C9H14N4O3/c1-5-3-7(16-13-5)4-11-9(14)6(2)8(10)12-15/h3,6,15H,4H2,1-2H3,(H2,10,12)(H,11,14). The van der Waals surface area contributed by atoms with Gasteiger partial charge in [0.05, 0.1) is 18.2 Å². The molecular formula is C9H14N4O3. The Bertz CT molecular complexity index is 399. The summed E-state index contributed by atoms with van der Waals surface area (Å²) in [5, 5.41) is 17.4. The van der Waals surface area contributed by atoms with Crippen LogP contribution in [-0.2, 0) is 11.3 Å². The number of oxime groups is 1. The molecule has 0 saturated carbocycles. The number of amides is 1. The minimum atomic E-state index is -0.686. The number of nitrogens with one attached hydrogen (secondary N) is 1. The molecule has 1 atom stereocenters. The summed E-state index contributed by atoms with van der Waals surface area (Å²) in [6.45, 7) is 3.55. The highest BCUT2D eigenvalue weighted by Crippen LogP contribution is 2.02. The van der Waals surface area contributed by atoms with E-state index in [2.05, 4.69) is 15.6 Å². The molecule has 1 amide bonds. The van der Waals surface area contributed by atoms with Gasteiger partial charge in [-0.3, -0.25) is 4.79 Å². The third kappa shape index (κ3) is 2.97. The average molecular weight is 226 g/mol. The minimum Gasteiger partial charge on any atom is -0.409 e. The first-order valence-corrected chi connectivity index (χ1v) is 4.72. The summed E-state index contributed by atoms with van der Waals surface area (Å²) in [6, 6.07) is 1.72. The van der Waals surface area contributed by atoms with Crippen molar-refractivity contribution in [1.29, 1.82) is 0 Å². The van der Waals surface area contributed by atoms with Gasteiger partial charge < -0.3 is 20.8 Å². The highest BCUT2D eigenvalue weighted by Gasteiger charge is 2.17.